The average molecular weight is 865 g/mol. The summed E-state index contributed by atoms with van der Waals surface area (Å²) in [7, 11) is 0. The standard InChI is InChI=1S/C56H96O6/c1-4-7-10-13-16-19-22-25-27-29-31-34-37-40-43-46-49-55(58)61-52-53(51-60-54(57)48-45-42-39-36-33-30-24-21-18-15-12-9-6-3)62-56(59)50-47-44-41-38-35-32-28-26-23-20-17-14-11-8-5-2/h8,11,14,17,20,23,26,28,30,33,39,42,53H,4-7,9-10,12-13,15-16,18-19,21-22,24-25,27,29,31-32,34-38,40-41,43-52H2,1-3H3/b11-8+,17-14+,23-20+,28-26+,33-30+,42-39+. The number of unbranched alkanes of at least 4 members (excludes halogenated alkanes) is 26. The van der Waals surface area contributed by atoms with Crippen LogP contribution in [0.5, 0.6) is 0 Å². The van der Waals surface area contributed by atoms with Gasteiger partial charge in [0, 0.05) is 19.3 Å². The predicted octanol–water partition coefficient (Wildman–Crippen LogP) is 17.0. The molecule has 0 N–H and O–H groups in total. The SMILES string of the molecule is CC/C=C/C=C/C=C/C=C/CCCCCCCC(=O)OC(COC(=O)CC/C=C/C/C=C/CCCCCCCC)COC(=O)CCCCCCCCCCCCCCCCCC. The first-order chi connectivity index (χ1) is 30.5. The molecule has 0 rings (SSSR count). The average Bonchev–Trinajstić information content (AvgIpc) is 3.27. The fourth-order valence-corrected chi connectivity index (χ4v) is 7.15. The van der Waals surface area contributed by atoms with Crippen molar-refractivity contribution in [1.29, 1.82) is 0 Å². The van der Waals surface area contributed by atoms with Crippen LogP contribution in [0, 0.1) is 0 Å². The molecule has 6 heteroatoms. The molecule has 0 spiro atoms. The Kier molecular flexibility index (Phi) is 47.9. The summed E-state index contributed by atoms with van der Waals surface area (Å²) in [5, 5.41) is 0. The largest absolute Gasteiger partial charge is 0.462 e. The number of allylic oxidation sites excluding steroid dienone is 12. The van der Waals surface area contributed by atoms with Gasteiger partial charge in [-0.3, -0.25) is 14.4 Å². The van der Waals surface area contributed by atoms with Crippen LogP contribution in [0.15, 0.2) is 72.9 Å². The lowest BCUT2D eigenvalue weighted by Crippen LogP contribution is -2.30. The number of esters is 3. The molecular weight excluding hydrogens is 769 g/mol. The Morgan fingerprint density at radius 2 is 0.726 bits per heavy atom. The summed E-state index contributed by atoms with van der Waals surface area (Å²) in [4.78, 5) is 37.9. The third kappa shape index (κ3) is 47.9. The lowest BCUT2D eigenvalue weighted by molar-refractivity contribution is -0.166. The van der Waals surface area contributed by atoms with Crippen molar-refractivity contribution >= 4 is 17.9 Å². The highest BCUT2D eigenvalue weighted by Gasteiger charge is 2.19. The Morgan fingerprint density at radius 3 is 1.21 bits per heavy atom. The van der Waals surface area contributed by atoms with Gasteiger partial charge in [0.2, 0.25) is 0 Å². The van der Waals surface area contributed by atoms with Gasteiger partial charge in [-0.05, 0) is 57.8 Å². The number of carbonyl (C=O) groups is 3. The number of carbonyl (C=O) groups excluding carboxylic acids is 3. The second-order valence-electron chi connectivity index (χ2n) is 17.1. The van der Waals surface area contributed by atoms with Crippen LogP contribution in [0.1, 0.15) is 245 Å². The molecule has 0 saturated heterocycles. The van der Waals surface area contributed by atoms with Gasteiger partial charge in [0.1, 0.15) is 13.2 Å². The molecule has 6 nitrogen and oxygen atoms in total. The van der Waals surface area contributed by atoms with Crippen LogP contribution in [-0.2, 0) is 28.6 Å². The van der Waals surface area contributed by atoms with E-state index < -0.39 is 6.10 Å². The van der Waals surface area contributed by atoms with E-state index in [4.69, 9.17) is 14.2 Å². The quantitative estimate of drug-likeness (QED) is 0.0199. The minimum Gasteiger partial charge on any atom is -0.462 e. The summed E-state index contributed by atoms with van der Waals surface area (Å²) < 4.78 is 16.7. The smallest absolute Gasteiger partial charge is 0.306 e. The molecule has 0 amide bonds. The van der Waals surface area contributed by atoms with Crippen LogP contribution < -0.4 is 0 Å². The van der Waals surface area contributed by atoms with E-state index in [0.29, 0.717) is 19.3 Å². The molecule has 1 atom stereocenters. The molecule has 62 heavy (non-hydrogen) atoms. The van der Waals surface area contributed by atoms with Gasteiger partial charge in [0.15, 0.2) is 6.10 Å². The summed E-state index contributed by atoms with van der Waals surface area (Å²) >= 11 is 0. The Bertz CT molecular complexity index is 1180. The van der Waals surface area contributed by atoms with E-state index in [-0.39, 0.29) is 37.5 Å². The van der Waals surface area contributed by atoms with Crippen LogP contribution in [-0.4, -0.2) is 37.2 Å². The molecule has 0 saturated carbocycles. The molecule has 0 aromatic heterocycles. The molecule has 0 radical (unpaired) electrons. The molecule has 0 fully saturated rings. The van der Waals surface area contributed by atoms with Crippen molar-refractivity contribution in [1.82, 2.24) is 0 Å². The van der Waals surface area contributed by atoms with Crippen molar-refractivity contribution in [2.75, 3.05) is 13.2 Å². The van der Waals surface area contributed by atoms with Gasteiger partial charge in [0.25, 0.3) is 0 Å². The van der Waals surface area contributed by atoms with Crippen LogP contribution >= 0.6 is 0 Å². The van der Waals surface area contributed by atoms with Gasteiger partial charge in [0.05, 0.1) is 0 Å². The lowest BCUT2D eigenvalue weighted by Gasteiger charge is -2.18. The monoisotopic (exact) mass is 865 g/mol. The molecule has 0 aliphatic heterocycles. The minimum atomic E-state index is -0.808. The van der Waals surface area contributed by atoms with Crippen LogP contribution in [0.3, 0.4) is 0 Å². The molecule has 0 heterocycles. The highest BCUT2D eigenvalue weighted by atomic mass is 16.6. The Morgan fingerprint density at radius 1 is 0.355 bits per heavy atom. The van der Waals surface area contributed by atoms with Crippen molar-refractivity contribution in [3.63, 3.8) is 0 Å². The van der Waals surface area contributed by atoms with Gasteiger partial charge in [-0.15, -0.1) is 0 Å². The molecular formula is C56H96O6. The topological polar surface area (TPSA) is 78.9 Å². The van der Waals surface area contributed by atoms with Gasteiger partial charge in [-0.25, -0.2) is 0 Å². The van der Waals surface area contributed by atoms with E-state index >= 15 is 0 Å². The summed E-state index contributed by atoms with van der Waals surface area (Å²) in [5.41, 5.74) is 0. The number of rotatable bonds is 46. The summed E-state index contributed by atoms with van der Waals surface area (Å²) in [5.74, 6) is -0.992. The normalized spacial score (nSPS) is 12.6. The molecule has 0 aromatic carbocycles. The molecule has 0 aliphatic rings. The summed E-state index contributed by atoms with van der Waals surface area (Å²) in [6.07, 6.45) is 63.2. The van der Waals surface area contributed by atoms with Gasteiger partial charge in [-0.2, -0.15) is 0 Å². The number of hydrogen-bond donors (Lipinski definition) is 0. The maximum Gasteiger partial charge on any atom is 0.306 e. The second-order valence-corrected chi connectivity index (χ2v) is 17.1. The minimum absolute atomic E-state index is 0.101. The first-order valence-corrected chi connectivity index (χ1v) is 26.0. The molecule has 0 bridgehead atoms. The Hall–Kier alpha value is -3.15. The third-order valence-electron chi connectivity index (χ3n) is 11.1. The van der Waals surface area contributed by atoms with Crippen LogP contribution in [0.2, 0.25) is 0 Å². The predicted molar refractivity (Wildman–Crippen MR) is 265 cm³/mol. The Balaban J connectivity index is 4.46. The van der Waals surface area contributed by atoms with Crippen LogP contribution in [0.4, 0.5) is 0 Å². The Labute approximate surface area is 382 Å². The highest BCUT2D eigenvalue weighted by molar-refractivity contribution is 5.71. The first-order valence-electron chi connectivity index (χ1n) is 26.0. The van der Waals surface area contributed by atoms with Crippen molar-refractivity contribution in [3.8, 4) is 0 Å². The zero-order valence-electron chi connectivity index (χ0n) is 40.6. The van der Waals surface area contributed by atoms with Gasteiger partial charge in [-0.1, -0.05) is 241 Å². The fraction of sp³-hybridized carbons (Fsp3) is 0.732. The zero-order valence-corrected chi connectivity index (χ0v) is 40.6. The highest BCUT2D eigenvalue weighted by Crippen LogP contribution is 2.15. The van der Waals surface area contributed by atoms with E-state index in [1.54, 1.807) is 0 Å². The van der Waals surface area contributed by atoms with E-state index in [1.165, 1.54) is 122 Å². The molecule has 0 aliphatic carbocycles. The van der Waals surface area contributed by atoms with Gasteiger partial charge >= 0.3 is 17.9 Å². The van der Waals surface area contributed by atoms with E-state index in [9.17, 15) is 14.4 Å². The number of ether oxygens (including phenoxy) is 3. The first kappa shape index (κ1) is 58.9. The van der Waals surface area contributed by atoms with Crippen molar-refractivity contribution in [3.05, 3.63) is 72.9 Å². The van der Waals surface area contributed by atoms with Crippen molar-refractivity contribution < 1.29 is 28.6 Å². The maximum atomic E-state index is 12.8. The van der Waals surface area contributed by atoms with E-state index in [1.807, 2.05) is 24.3 Å². The maximum absolute atomic E-state index is 12.8. The fourth-order valence-electron chi connectivity index (χ4n) is 7.15. The molecule has 356 valence electrons. The van der Waals surface area contributed by atoms with Crippen molar-refractivity contribution in [2.24, 2.45) is 0 Å². The summed E-state index contributed by atoms with van der Waals surface area (Å²) in [6.45, 7) is 6.43. The number of hydrogen-bond acceptors (Lipinski definition) is 6. The molecule has 0 aromatic rings. The third-order valence-corrected chi connectivity index (χ3v) is 11.1. The van der Waals surface area contributed by atoms with E-state index in [0.717, 1.165) is 77.0 Å². The van der Waals surface area contributed by atoms with Crippen LogP contribution in [0.25, 0.3) is 0 Å². The van der Waals surface area contributed by atoms with Crippen molar-refractivity contribution in [2.45, 2.75) is 252 Å². The lowest BCUT2D eigenvalue weighted by atomic mass is 10.0. The zero-order chi connectivity index (χ0) is 45.1. The summed E-state index contributed by atoms with van der Waals surface area (Å²) in [6, 6.07) is 0. The van der Waals surface area contributed by atoms with E-state index in [2.05, 4.69) is 69.4 Å². The molecule has 1 unspecified atom stereocenters. The van der Waals surface area contributed by atoms with Gasteiger partial charge < -0.3 is 14.2 Å². The second kappa shape index (κ2) is 50.5.